The first-order chi connectivity index (χ1) is 10.2. The predicted molar refractivity (Wildman–Crippen MR) is 79.8 cm³/mol. The smallest absolute Gasteiger partial charge is 0.359 e. The molecule has 0 fully saturated rings. The van der Waals surface area contributed by atoms with Gasteiger partial charge in [-0.2, -0.15) is 5.10 Å². The van der Waals surface area contributed by atoms with Gasteiger partial charge >= 0.3 is 5.97 Å². The van der Waals surface area contributed by atoms with Crippen LogP contribution < -0.4 is 0 Å². The molecule has 0 bridgehead atoms. The van der Waals surface area contributed by atoms with Crippen molar-refractivity contribution >= 4 is 12.0 Å². The highest BCUT2D eigenvalue weighted by Gasteiger charge is 2.16. The van der Waals surface area contributed by atoms with Crippen molar-refractivity contribution < 1.29 is 14.3 Å². The number of aromatic nitrogens is 2. The van der Waals surface area contributed by atoms with Crippen LogP contribution in [0.2, 0.25) is 0 Å². The number of rotatable bonds is 6. The highest BCUT2D eigenvalue weighted by molar-refractivity contribution is 5.91. The van der Waals surface area contributed by atoms with Crippen LogP contribution in [0.5, 0.6) is 0 Å². The van der Waals surface area contributed by atoms with Crippen molar-refractivity contribution in [3.8, 4) is 0 Å². The van der Waals surface area contributed by atoms with Crippen molar-refractivity contribution in [2.24, 2.45) is 0 Å². The van der Waals surface area contributed by atoms with Crippen LogP contribution in [0.1, 0.15) is 28.5 Å². The van der Waals surface area contributed by atoms with E-state index >= 15 is 0 Å². The van der Waals surface area contributed by atoms with E-state index in [9.17, 15) is 4.79 Å². The Hall–Kier alpha value is -2.56. The monoisotopic (exact) mass is 286 g/mol. The Kier molecular flexibility index (Phi) is 5.15. The van der Waals surface area contributed by atoms with E-state index in [2.05, 4.69) is 5.10 Å². The minimum Gasteiger partial charge on any atom is -0.504 e. The van der Waals surface area contributed by atoms with E-state index in [1.54, 1.807) is 31.0 Å². The molecular formula is C16H18N2O3. The number of hydrogen-bond donors (Lipinski definition) is 0. The van der Waals surface area contributed by atoms with Gasteiger partial charge in [-0.15, -0.1) is 0 Å². The highest BCUT2D eigenvalue weighted by atomic mass is 16.5. The van der Waals surface area contributed by atoms with Crippen LogP contribution in [0.3, 0.4) is 0 Å². The summed E-state index contributed by atoms with van der Waals surface area (Å²) in [5, 5.41) is 4.31. The Morgan fingerprint density at radius 3 is 2.76 bits per heavy atom. The minimum atomic E-state index is -0.430. The van der Waals surface area contributed by atoms with Crippen molar-refractivity contribution in [3.05, 3.63) is 59.6 Å². The van der Waals surface area contributed by atoms with E-state index in [1.165, 1.54) is 6.26 Å². The molecule has 0 aliphatic heterocycles. The molecule has 0 saturated carbocycles. The number of esters is 1. The lowest BCUT2D eigenvalue weighted by Crippen LogP contribution is -2.08. The quantitative estimate of drug-likeness (QED) is 0.605. The van der Waals surface area contributed by atoms with Gasteiger partial charge in [0.05, 0.1) is 26.5 Å². The first kappa shape index (κ1) is 14.8. The number of carbonyl (C=O) groups is 1. The number of hydrogen-bond acceptors (Lipinski definition) is 4. The standard InChI is InChI=1S/C16H18N2O3/c1-3-21-16(19)15-14(9-10-20-2)12-18(17-15)11-13-7-5-4-6-8-13/h4-10,12H,3,11H2,1-2H3/b10-9+. The van der Waals surface area contributed by atoms with Crippen molar-refractivity contribution in [2.45, 2.75) is 13.5 Å². The van der Waals surface area contributed by atoms with Crippen molar-refractivity contribution in [3.63, 3.8) is 0 Å². The average Bonchev–Trinajstić information content (AvgIpc) is 2.89. The summed E-state index contributed by atoms with van der Waals surface area (Å²) in [7, 11) is 1.55. The van der Waals surface area contributed by atoms with E-state index in [4.69, 9.17) is 9.47 Å². The Bertz CT molecular complexity index is 618. The maximum Gasteiger partial charge on any atom is 0.359 e. The molecule has 0 amide bonds. The molecule has 0 spiro atoms. The van der Waals surface area contributed by atoms with Gasteiger partial charge < -0.3 is 9.47 Å². The summed E-state index contributed by atoms with van der Waals surface area (Å²) in [6.45, 7) is 2.68. The third kappa shape index (κ3) is 3.95. The van der Waals surface area contributed by atoms with Crippen LogP contribution in [-0.2, 0) is 16.0 Å². The molecule has 0 unspecified atom stereocenters. The molecule has 0 aliphatic carbocycles. The molecule has 21 heavy (non-hydrogen) atoms. The summed E-state index contributed by atoms with van der Waals surface area (Å²) < 4.78 is 11.6. The molecule has 2 rings (SSSR count). The fourth-order valence-corrected chi connectivity index (χ4v) is 1.91. The van der Waals surface area contributed by atoms with Crippen molar-refractivity contribution in [1.29, 1.82) is 0 Å². The maximum atomic E-state index is 11.9. The van der Waals surface area contributed by atoms with E-state index < -0.39 is 5.97 Å². The zero-order valence-electron chi connectivity index (χ0n) is 12.2. The van der Waals surface area contributed by atoms with Gasteiger partial charge in [0, 0.05) is 11.8 Å². The van der Waals surface area contributed by atoms with Gasteiger partial charge in [-0.3, -0.25) is 4.68 Å². The van der Waals surface area contributed by atoms with E-state index in [0.29, 0.717) is 24.4 Å². The Morgan fingerprint density at radius 1 is 1.33 bits per heavy atom. The van der Waals surface area contributed by atoms with E-state index in [1.807, 2.05) is 30.3 Å². The number of methoxy groups -OCH3 is 1. The van der Waals surface area contributed by atoms with Crippen LogP contribution in [0.25, 0.3) is 6.08 Å². The molecule has 0 aliphatic rings. The topological polar surface area (TPSA) is 53.3 Å². The summed E-state index contributed by atoms with van der Waals surface area (Å²) >= 11 is 0. The molecule has 1 aromatic carbocycles. The second-order valence-electron chi connectivity index (χ2n) is 4.38. The van der Waals surface area contributed by atoms with Crippen LogP contribution >= 0.6 is 0 Å². The van der Waals surface area contributed by atoms with Gasteiger partial charge in [-0.25, -0.2) is 4.79 Å². The second-order valence-corrected chi connectivity index (χ2v) is 4.38. The van der Waals surface area contributed by atoms with Gasteiger partial charge in [-0.1, -0.05) is 30.3 Å². The minimum absolute atomic E-state index is 0.293. The fraction of sp³-hybridized carbons (Fsp3) is 0.250. The number of carbonyl (C=O) groups excluding carboxylic acids is 1. The lowest BCUT2D eigenvalue weighted by molar-refractivity contribution is 0.0518. The first-order valence-corrected chi connectivity index (χ1v) is 6.72. The molecule has 1 heterocycles. The Balaban J connectivity index is 2.27. The summed E-state index contributed by atoms with van der Waals surface area (Å²) in [4.78, 5) is 11.9. The largest absolute Gasteiger partial charge is 0.504 e. The number of nitrogens with zero attached hydrogens (tertiary/aromatic N) is 2. The average molecular weight is 286 g/mol. The Labute approximate surface area is 123 Å². The molecular weight excluding hydrogens is 268 g/mol. The molecule has 0 N–H and O–H groups in total. The summed E-state index contributed by atoms with van der Waals surface area (Å²) in [5.41, 5.74) is 2.07. The molecule has 110 valence electrons. The SMILES string of the molecule is CCOC(=O)c1nn(Cc2ccccc2)cc1/C=C/OC. The van der Waals surface area contributed by atoms with Crippen LogP contribution in [0.4, 0.5) is 0 Å². The lowest BCUT2D eigenvalue weighted by atomic mass is 10.2. The number of ether oxygens (including phenoxy) is 2. The van der Waals surface area contributed by atoms with Gasteiger partial charge in [0.15, 0.2) is 5.69 Å². The predicted octanol–water partition coefficient (Wildman–Crippen LogP) is 2.73. The highest BCUT2D eigenvalue weighted by Crippen LogP contribution is 2.13. The molecule has 0 saturated heterocycles. The molecule has 0 atom stereocenters. The van der Waals surface area contributed by atoms with E-state index in [0.717, 1.165) is 5.56 Å². The third-order valence-electron chi connectivity index (χ3n) is 2.83. The molecule has 1 aromatic heterocycles. The molecule has 5 nitrogen and oxygen atoms in total. The first-order valence-electron chi connectivity index (χ1n) is 6.72. The van der Waals surface area contributed by atoms with Gasteiger partial charge in [0.25, 0.3) is 0 Å². The zero-order valence-corrected chi connectivity index (χ0v) is 12.2. The van der Waals surface area contributed by atoms with Crippen LogP contribution in [0, 0.1) is 0 Å². The van der Waals surface area contributed by atoms with Crippen LogP contribution in [0.15, 0.2) is 42.8 Å². The molecule has 0 radical (unpaired) electrons. The molecule has 2 aromatic rings. The van der Waals surface area contributed by atoms with E-state index in [-0.39, 0.29) is 0 Å². The van der Waals surface area contributed by atoms with Gasteiger partial charge in [0.2, 0.25) is 0 Å². The van der Waals surface area contributed by atoms with Gasteiger partial charge in [-0.05, 0) is 18.6 Å². The lowest BCUT2D eigenvalue weighted by Gasteiger charge is -2.01. The van der Waals surface area contributed by atoms with Crippen molar-refractivity contribution in [1.82, 2.24) is 9.78 Å². The summed E-state index contributed by atoms with van der Waals surface area (Å²) in [6, 6.07) is 9.92. The summed E-state index contributed by atoms with van der Waals surface area (Å²) in [5.74, 6) is -0.430. The molecule has 5 heteroatoms. The Morgan fingerprint density at radius 2 is 2.10 bits per heavy atom. The fourth-order valence-electron chi connectivity index (χ4n) is 1.91. The zero-order chi connectivity index (χ0) is 15.1. The third-order valence-corrected chi connectivity index (χ3v) is 2.83. The number of benzene rings is 1. The van der Waals surface area contributed by atoms with Gasteiger partial charge in [0.1, 0.15) is 0 Å². The van der Waals surface area contributed by atoms with Crippen LogP contribution in [-0.4, -0.2) is 29.5 Å². The normalized spacial score (nSPS) is 10.8. The maximum absolute atomic E-state index is 11.9. The second kappa shape index (κ2) is 7.28. The summed E-state index contributed by atoms with van der Waals surface area (Å²) in [6.07, 6.45) is 5.00. The van der Waals surface area contributed by atoms with Crippen molar-refractivity contribution in [2.75, 3.05) is 13.7 Å².